The summed E-state index contributed by atoms with van der Waals surface area (Å²) in [4.78, 5) is 0. The quantitative estimate of drug-likeness (QED) is 0.429. The van der Waals surface area contributed by atoms with Gasteiger partial charge in [0.05, 0.1) is 0 Å². The second kappa shape index (κ2) is 32.6. The molecule has 1 aliphatic rings. The topological polar surface area (TPSA) is 118 Å². The predicted molar refractivity (Wildman–Crippen MR) is 68.9 cm³/mol. The Kier molecular flexibility index (Phi) is 47.4. The van der Waals surface area contributed by atoms with E-state index in [0.717, 1.165) is 11.0 Å². The first-order valence-corrected chi connectivity index (χ1v) is 6.13. The van der Waals surface area contributed by atoms with Crippen molar-refractivity contribution in [3.05, 3.63) is 45.4 Å². The molecule has 0 saturated heterocycles. The zero-order valence-electron chi connectivity index (χ0n) is 12.9. The summed E-state index contributed by atoms with van der Waals surface area (Å²) in [5.41, 5.74) is 0. The van der Waals surface area contributed by atoms with Crippen molar-refractivity contribution in [3.63, 3.8) is 0 Å². The molecule has 23 heavy (non-hydrogen) atoms. The van der Waals surface area contributed by atoms with Crippen molar-refractivity contribution >= 4 is 4.57 Å². The Bertz CT molecular complexity index is 358. The van der Waals surface area contributed by atoms with E-state index in [2.05, 4.69) is 68.2 Å². The van der Waals surface area contributed by atoms with Gasteiger partial charge >= 0.3 is 144 Å². The second-order valence-corrected chi connectivity index (χ2v) is 4.02. The van der Waals surface area contributed by atoms with Crippen LogP contribution in [0.5, 0.6) is 0 Å². The van der Waals surface area contributed by atoms with E-state index in [9.17, 15) is 0 Å². The fraction of sp³-hybridized carbons (Fsp3) is 0.467. The SMILES string of the molecule is CO[C](=[Cr])[C@H]1[C@@H](OC)C=CC[C@@H]1C.[C-]#[O+].[C-]#[O+].[C-]#[O+].[C-]#[O+].[C-]#[O+]. The van der Waals surface area contributed by atoms with Crippen LogP contribution in [0.25, 0.3) is 0 Å². The summed E-state index contributed by atoms with van der Waals surface area (Å²) in [5, 5.41) is 0. The van der Waals surface area contributed by atoms with Crippen molar-refractivity contribution < 1.29 is 48.6 Å². The van der Waals surface area contributed by atoms with Crippen LogP contribution in [0, 0.1) is 45.1 Å². The maximum atomic E-state index is 7.50. The molecule has 0 N–H and O–H groups in total. The average Bonchev–Trinajstić information content (AvgIpc) is 2.69. The van der Waals surface area contributed by atoms with Gasteiger partial charge in [0, 0.05) is 0 Å². The fourth-order valence-electron chi connectivity index (χ4n) is 1.75. The molecule has 0 heterocycles. The van der Waals surface area contributed by atoms with E-state index in [1.165, 1.54) is 0 Å². The third-order valence-electron chi connectivity index (χ3n) is 2.55. The molecule has 0 radical (unpaired) electrons. The Morgan fingerprint density at radius 1 is 0.957 bits per heavy atom. The number of methoxy groups -OCH3 is 2. The maximum absolute atomic E-state index is 7.50. The molecule has 0 spiro atoms. The van der Waals surface area contributed by atoms with E-state index in [0.29, 0.717) is 11.8 Å². The molecule has 0 unspecified atom stereocenters. The van der Waals surface area contributed by atoms with Crippen LogP contribution in [-0.2, 0) is 48.6 Å². The van der Waals surface area contributed by atoms with Gasteiger partial charge in [0.1, 0.15) is 0 Å². The molecule has 0 aromatic rings. The van der Waals surface area contributed by atoms with Gasteiger partial charge in [0.25, 0.3) is 0 Å². The molecule has 0 saturated carbocycles. The second-order valence-electron chi connectivity index (χ2n) is 3.39. The Morgan fingerprint density at radius 3 is 1.65 bits per heavy atom. The standard InChI is InChI=1S/C10H16O2.5CO.Cr/c1-8-5-4-6-10(12-3)9(8)7-11-2;5*1-2;/h4,6,8-10H,5H2,1-3H3;;;;;;/t8-,9+,10-;;;;;;/m0....../s1. The molecule has 0 aliphatic heterocycles. The first-order chi connectivity index (χ1) is 11.2. The predicted octanol–water partition coefficient (Wildman–Crippen LogP) is 1.35. The van der Waals surface area contributed by atoms with Crippen LogP contribution in [0.1, 0.15) is 13.3 Å². The van der Waals surface area contributed by atoms with Crippen molar-refractivity contribution in [1.29, 1.82) is 0 Å². The molecule has 3 atom stereocenters. The summed E-state index contributed by atoms with van der Waals surface area (Å²) in [6, 6.07) is 0. The monoisotopic (exact) mass is 360 g/mol. The molecule has 8 heteroatoms. The molecule has 0 bridgehead atoms. The van der Waals surface area contributed by atoms with Crippen LogP contribution >= 0.6 is 0 Å². The van der Waals surface area contributed by atoms with Crippen molar-refractivity contribution in [2.24, 2.45) is 11.8 Å². The van der Waals surface area contributed by atoms with Gasteiger partial charge < -0.3 is 0 Å². The van der Waals surface area contributed by atoms with Gasteiger partial charge in [-0.1, -0.05) is 0 Å². The summed E-state index contributed by atoms with van der Waals surface area (Å²) in [6.07, 6.45) is 5.54. The van der Waals surface area contributed by atoms with E-state index in [-0.39, 0.29) is 6.10 Å². The van der Waals surface area contributed by atoms with Crippen LogP contribution in [-0.4, -0.2) is 24.9 Å². The van der Waals surface area contributed by atoms with E-state index in [1.54, 1.807) is 14.2 Å². The molecule has 0 fully saturated rings. The number of hydrogen-bond donors (Lipinski definition) is 0. The molecular weight excluding hydrogens is 344 g/mol. The molecule has 0 aromatic carbocycles. The van der Waals surface area contributed by atoms with Gasteiger partial charge in [-0.2, -0.15) is 0 Å². The van der Waals surface area contributed by atoms with E-state index in [4.69, 9.17) is 32.7 Å². The Balaban J connectivity index is -0.0000000923. The van der Waals surface area contributed by atoms with Crippen molar-refractivity contribution in [2.75, 3.05) is 14.2 Å². The first-order valence-electron chi connectivity index (χ1n) is 5.50. The Labute approximate surface area is 144 Å². The van der Waals surface area contributed by atoms with Crippen molar-refractivity contribution in [1.82, 2.24) is 0 Å². The molecular formula is C15H16CrO7. The molecule has 0 aromatic heterocycles. The van der Waals surface area contributed by atoms with E-state index >= 15 is 0 Å². The molecule has 1 aliphatic carbocycles. The first kappa shape index (κ1) is 33.4. The van der Waals surface area contributed by atoms with Crippen LogP contribution in [0.4, 0.5) is 0 Å². The van der Waals surface area contributed by atoms with Gasteiger partial charge in [-0.25, -0.2) is 0 Å². The third-order valence-corrected chi connectivity index (χ3v) is 3.23. The van der Waals surface area contributed by atoms with Crippen LogP contribution < -0.4 is 0 Å². The molecule has 0 amide bonds. The van der Waals surface area contributed by atoms with E-state index < -0.39 is 0 Å². The fourth-order valence-corrected chi connectivity index (χ4v) is 2.32. The van der Waals surface area contributed by atoms with Crippen LogP contribution in [0.3, 0.4) is 0 Å². The van der Waals surface area contributed by atoms with Crippen molar-refractivity contribution in [3.8, 4) is 0 Å². The zero-order valence-corrected chi connectivity index (χ0v) is 14.1. The van der Waals surface area contributed by atoms with Gasteiger partial charge in [-0.3, -0.25) is 0 Å². The molecule has 124 valence electrons. The van der Waals surface area contributed by atoms with Crippen LogP contribution in [0.2, 0.25) is 0 Å². The van der Waals surface area contributed by atoms with Gasteiger partial charge in [0.15, 0.2) is 0 Å². The summed E-state index contributed by atoms with van der Waals surface area (Å²) in [6.45, 7) is 24.7. The summed E-state index contributed by atoms with van der Waals surface area (Å²) in [5.74, 6) is 0.922. The van der Waals surface area contributed by atoms with Crippen LogP contribution in [0.15, 0.2) is 12.2 Å². The number of ether oxygens (including phenoxy) is 2. The van der Waals surface area contributed by atoms with E-state index in [1.807, 2.05) is 0 Å². The number of allylic oxidation sites excluding steroid dienone is 1. The number of hydrogen-bond acceptors (Lipinski definition) is 2. The Hall–Kier alpha value is -1.24. The molecule has 1 rings (SSSR count). The minimum absolute atomic E-state index is 0.153. The summed E-state index contributed by atoms with van der Waals surface area (Å²) >= 11 is 2.97. The summed E-state index contributed by atoms with van der Waals surface area (Å²) < 4.78 is 49.1. The van der Waals surface area contributed by atoms with Crippen molar-refractivity contribution in [2.45, 2.75) is 19.4 Å². The Morgan fingerprint density at radius 2 is 1.35 bits per heavy atom. The normalized spacial score (nSPS) is 19.3. The average molecular weight is 360 g/mol. The van der Waals surface area contributed by atoms with Gasteiger partial charge in [-0.05, 0) is 0 Å². The zero-order chi connectivity index (χ0) is 19.8. The summed E-state index contributed by atoms with van der Waals surface area (Å²) in [7, 11) is 3.44. The number of rotatable bonds is 3. The molecule has 7 nitrogen and oxygen atoms in total. The minimum atomic E-state index is 0.153. The third kappa shape index (κ3) is 17.0. The van der Waals surface area contributed by atoms with Gasteiger partial charge in [0.2, 0.25) is 0 Å². The van der Waals surface area contributed by atoms with Gasteiger partial charge in [-0.15, -0.1) is 0 Å².